The largest absolute Gasteiger partial charge is 0.472 e. The molecule has 34 heavy (non-hydrogen) atoms. The number of ether oxygens (including phenoxy) is 2. The van der Waals surface area contributed by atoms with Crippen molar-refractivity contribution in [1.82, 2.24) is 14.8 Å². The molecule has 1 N–H and O–H groups in total. The van der Waals surface area contributed by atoms with Crippen LogP contribution in [0.1, 0.15) is 61.9 Å². The number of likely N-dealkylation sites (N-methyl/N-ethyl adjacent to an activating group) is 1. The lowest BCUT2D eigenvalue weighted by molar-refractivity contribution is -0.135. The summed E-state index contributed by atoms with van der Waals surface area (Å²) in [6.07, 6.45) is 7.13. The molecule has 0 aromatic carbocycles. The highest BCUT2D eigenvalue weighted by Crippen LogP contribution is 2.28. The van der Waals surface area contributed by atoms with Gasteiger partial charge >= 0.3 is 0 Å². The van der Waals surface area contributed by atoms with Gasteiger partial charge in [-0.25, -0.2) is 4.98 Å². The van der Waals surface area contributed by atoms with Crippen molar-refractivity contribution in [1.29, 1.82) is 0 Å². The van der Waals surface area contributed by atoms with E-state index in [0.29, 0.717) is 30.1 Å². The van der Waals surface area contributed by atoms with E-state index in [-0.39, 0.29) is 42.9 Å². The molecule has 1 saturated carbocycles. The van der Waals surface area contributed by atoms with E-state index in [0.717, 1.165) is 6.42 Å². The summed E-state index contributed by atoms with van der Waals surface area (Å²) in [7, 11) is 3.18. The fourth-order valence-corrected chi connectivity index (χ4v) is 4.51. The molecule has 2 amide bonds. The number of nitrogens with zero attached hydrogens (tertiary/aromatic N) is 3. The fraction of sp³-hybridized carbons (Fsp3) is 0.654. The number of rotatable bonds is 7. The number of aliphatic hydroxyl groups excluding tert-OH is 1. The maximum atomic E-state index is 13.5. The van der Waals surface area contributed by atoms with Crippen molar-refractivity contribution < 1.29 is 24.2 Å². The van der Waals surface area contributed by atoms with Crippen molar-refractivity contribution in [2.24, 2.45) is 11.8 Å². The van der Waals surface area contributed by atoms with Gasteiger partial charge in [0.1, 0.15) is 18.3 Å². The van der Waals surface area contributed by atoms with Crippen LogP contribution in [0.25, 0.3) is 0 Å². The van der Waals surface area contributed by atoms with Crippen molar-refractivity contribution in [2.75, 3.05) is 40.5 Å². The minimum Gasteiger partial charge on any atom is -0.472 e. The first kappa shape index (κ1) is 26.0. The summed E-state index contributed by atoms with van der Waals surface area (Å²) in [5, 5.41) is 9.79. The van der Waals surface area contributed by atoms with Gasteiger partial charge in [-0.15, -0.1) is 0 Å². The summed E-state index contributed by atoms with van der Waals surface area (Å²) in [5.74, 6) is 6.81. The van der Waals surface area contributed by atoms with E-state index >= 15 is 0 Å². The second-order valence-corrected chi connectivity index (χ2v) is 9.56. The van der Waals surface area contributed by atoms with Crippen LogP contribution in [-0.2, 0) is 9.53 Å². The molecular formula is C26H37N3O5. The first-order valence-corrected chi connectivity index (χ1v) is 12.1. The molecule has 1 aromatic rings. The van der Waals surface area contributed by atoms with Crippen molar-refractivity contribution >= 4 is 11.8 Å². The van der Waals surface area contributed by atoms with Gasteiger partial charge in [0.15, 0.2) is 0 Å². The molecule has 8 heteroatoms. The second-order valence-electron chi connectivity index (χ2n) is 9.56. The Labute approximate surface area is 202 Å². The predicted molar refractivity (Wildman–Crippen MR) is 128 cm³/mol. The number of aromatic nitrogens is 1. The van der Waals surface area contributed by atoms with E-state index in [9.17, 15) is 14.7 Å². The number of amides is 2. The van der Waals surface area contributed by atoms with E-state index < -0.39 is 6.10 Å². The average Bonchev–Trinajstić information content (AvgIpc) is 3.34. The highest BCUT2D eigenvalue weighted by atomic mass is 16.5. The molecule has 0 radical (unpaired) electrons. The number of aliphatic hydroxyl groups is 1. The third kappa shape index (κ3) is 6.49. The van der Waals surface area contributed by atoms with Crippen LogP contribution in [0, 0.1) is 23.7 Å². The first-order chi connectivity index (χ1) is 16.3. The molecule has 3 rings (SSSR count). The lowest BCUT2D eigenvalue weighted by Crippen LogP contribution is -2.50. The molecule has 0 saturated heterocycles. The number of methoxy groups -OCH3 is 1. The van der Waals surface area contributed by atoms with Gasteiger partial charge in [0.05, 0.1) is 19.2 Å². The molecule has 0 unspecified atom stereocenters. The van der Waals surface area contributed by atoms with Gasteiger partial charge in [-0.2, -0.15) is 0 Å². The third-order valence-electron chi connectivity index (χ3n) is 6.77. The minimum absolute atomic E-state index is 0.0124. The zero-order chi connectivity index (χ0) is 24.7. The zero-order valence-corrected chi connectivity index (χ0v) is 20.7. The Morgan fingerprint density at radius 3 is 2.82 bits per heavy atom. The van der Waals surface area contributed by atoms with Crippen LogP contribution < -0.4 is 4.74 Å². The number of pyridine rings is 1. The third-order valence-corrected chi connectivity index (χ3v) is 6.77. The van der Waals surface area contributed by atoms with Gasteiger partial charge in [0, 0.05) is 44.8 Å². The van der Waals surface area contributed by atoms with Crippen molar-refractivity contribution in [2.45, 2.75) is 58.1 Å². The molecule has 1 aromatic heterocycles. The summed E-state index contributed by atoms with van der Waals surface area (Å²) in [6, 6.07) is 1.36. The number of carbonyl (C=O) groups is 2. The molecule has 2 aliphatic rings. The van der Waals surface area contributed by atoms with E-state index in [1.165, 1.54) is 32.8 Å². The number of hydrogen-bond acceptors (Lipinski definition) is 6. The normalized spacial score (nSPS) is 21.6. The minimum atomic E-state index is -0.391. The maximum Gasteiger partial charge on any atom is 0.259 e. The smallest absolute Gasteiger partial charge is 0.259 e. The summed E-state index contributed by atoms with van der Waals surface area (Å²) in [6.45, 7) is 4.32. The fourth-order valence-electron chi connectivity index (χ4n) is 4.51. The lowest BCUT2D eigenvalue weighted by Gasteiger charge is -2.37. The molecule has 2 heterocycles. The van der Waals surface area contributed by atoms with Gasteiger partial charge in [-0.3, -0.25) is 9.59 Å². The number of hydrogen-bond donors (Lipinski definition) is 1. The monoisotopic (exact) mass is 471 g/mol. The molecule has 1 aliphatic heterocycles. The van der Waals surface area contributed by atoms with E-state index in [1.807, 2.05) is 13.8 Å². The lowest BCUT2D eigenvalue weighted by atomic mass is 9.99. The van der Waals surface area contributed by atoms with Gasteiger partial charge in [-0.05, 0) is 31.7 Å². The Balaban J connectivity index is 1.88. The Hall–Kier alpha value is -2.63. The molecule has 0 bridgehead atoms. The second kappa shape index (κ2) is 12.2. The Morgan fingerprint density at radius 1 is 1.41 bits per heavy atom. The molecule has 3 atom stereocenters. The molecule has 8 nitrogen and oxygen atoms in total. The Bertz CT molecular complexity index is 919. The van der Waals surface area contributed by atoms with Crippen LogP contribution >= 0.6 is 0 Å². The van der Waals surface area contributed by atoms with Gasteiger partial charge in [-0.1, -0.05) is 31.6 Å². The Morgan fingerprint density at radius 2 is 2.15 bits per heavy atom. The summed E-state index contributed by atoms with van der Waals surface area (Å²) in [4.78, 5) is 33.4. The molecule has 1 aliphatic carbocycles. The average molecular weight is 472 g/mol. The van der Waals surface area contributed by atoms with E-state index in [2.05, 4.69) is 16.8 Å². The standard InChI is InChI=1S/C26H37N3O5/c1-18-14-29(19(2)16-30)26(32)22-12-21(11-7-10-20-8-5-6-9-20)13-27-25(22)34-23(18)15-28(3)24(31)17-33-4/h12-13,18-20,23,30H,5-6,8-10,14-17H2,1-4H3/t18-,19+,23+/m0/s1. The van der Waals surface area contributed by atoms with Crippen LogP contribution in [0.15, 0.2) is 12.3 Å². The number of fused-ring (bicyclic) bond motifs is 1. The Kier molecular flexibility index (Phi) is 9.31. The molecule has 0 spiro atoms. The molecular weight excluding hydrogens is 434 g/mol. The van der Waals surface area contributed by atoms with Crippen LogP contribution in [0.5, 0.6) is 5.88 Å². The highest BCUT2D eigenvalue weighted by molar-refractivity contribution is 5.97. The SMILES string of the molecule is COCC(=O)N(C)C[C@H]1Oc2ncc(C#CCC3CCCC3)cc2C(=O)N([C@H](C)CO)C[C@@H]1C. The van der Waals surface area contributed by atoms with Gasteiger partial charge in [0.25, 0.3) is 5.91 Å². The van der Waals surface area contributed by atoms with Crippen molar-refractivity contribution in [3.05, 3.63) is 23.4 Å². The predicted octanol–water partition coefficient (Wildman–Crippen LogP) is 2.34. The maximum absolute atomic E-state index is 13.5. The molecule has 186 valence electrons. The zero-order valence-electron chi connectivity index (χ0n) is 20.7. The van der Waals surface area contributed by atoms with E-state index in [1.54, 1.807) is 29.1 Å². The quantitative estimate of drug-likeness (QED) is 0.614. The van der Waals surface area contributed by atoms with Crippen LogP contribution in [0.4, 0.5) is 0 Å². The summed E-state index contributed by atoms with van der Waals surface area (Å²) < 4.78 is 11.2. The van der Waals surface area contributed by atoms with Crippen molar-refractivity contribution in [3.63, 3.8) is 0 Å². The van der Waals surface area contributed by atoms with Crippen LogP contribution in [0.3, 0.4) is 0 Å². The van der Waals surface area contributed by atoms with Crippen molar-refractivity contribution in [3.8, 4) is 17.7 Å². The summed E-state index contributed by atoms with van der Waals surface area (Å²) >= 11 is 0. The number of carbonyl (C=O) groups excluding carboxylic acids is 2. The highest BCUT2D eigenvalue weighted by Gasteiger charge is 2.34. The molecule has 1 fully saturated rings. The van der Waals surface area contributed by atoms with Crippen LogP contribution in [0.2, 0.25) is 0 Å². The summed E-state index contributed by atoms with van der Waals surface area (Å²) in [5.41, 5.74) is 0.999. The van der Waals surface area contributed by atoms with Crippen LogP contribution in [-0.4, -0.2) is 84.3 Å². The van der Waals surface area contributed by atoms with E-state index in [4.69, 9.17) is 9.47 Å². The topological polar surface area (TPSA) is 92.2 Å². The van der Waals surface area contributed by atoms with Gasteiger partial charge in [0.2, 0.25) is 11.8 Å². The van der Waals surface area contributed by atoms with Gasteiger partial charge < -0.3 is 24.4 Å². The first-order valence-electron chi connectivity index (χ1n) is 12.1.